The van der Waals surface area contributed by atoms with Gasteiger partial charge < -0.3 is 14.8 Å². The highest BCUT2D eigenvalue weighted by atomic mass is 32.1. The third-order valence-electron chi connectivity index (χ3n) is 3.20. The molecule has 2 rings (SSSR count). The molecule has 1 heterocycles. The van der Waals surface area contributed by atoms with E-state index in [-0.39, 0.29) is 11.9 Å². The number of carbonyl (C=O) groups is 1. The molecule has 2 aromatic rings. The quantitative estimate of drug-likeness (QED) is 0.922. The van der Waals surface area contributed by atoms with Crippen molar-refractivity contribution in [3.63, 3.8) is 0 Å². The van der Waals surface area contributed by atoms with Crippen LogP contribution in [-0.4, -0.2) is 25.1 Å². The van der Waals surface area contributed by atoms with Gasteiger partial charge in [0.2, 0.25) is 0 Å². The van der Waals surface area contributed by atoms with Gasteiger partial charge in [0.15, 0.2) is 0 Å². The van der Waals surface area contributed by atoms with E-state index < -0.39 is 0 Å². The summed E-state index contributed by atoms with van der Waals surface area (Å²) in [7, 11) is 3.21. The molecule has 0 saturated carbocycles. The molecule has 0 aliphatic rings. The number of carbonyl (C=O) groups excluding carboxylic acids is 1. The average Bonchev–Trinajstić information content (AvgIpc) is 2.92. The van der Waals surface area contributed by atoms with Crippen LogP contribution in [0.1, 0.15) is 33.9 Å². The molecule has 1 amide bonds. The first kappa shape index (κ1) is 15.3. The predicted molar refractivity (Wildman–Crippen MR) is 82.3 cm³/mol. The van der Waals surface area contributed by atoms with Crippen LogP contribution in [0.2, 0.25) is 0 Å². The molecule has 0 aliphatic heterocycles. The minimum absolute atomic E-state index is 0.132. The van der Waals surface area contributed by atoms with Gasteiger partial charge in [-0.15, -0.1) is 11.3 Å². The van der Waals surface area contributed by atoms with E-state index >= 15 is 0 Å². The molecule has 0 saturated heterocycles. The third kappa shape index (κ3) is 3.33. The molecule has 0 fully saturated rings. The first-order chi connectivity index (χ1) is 10.1. The summed E-state index contributed by atoms with van der Waals surface area (Å²) in [5.41, 5.74) is 3.27. The molecule has 0 unspecified atom stereocenters. The molecule has 0 spiro atoms. The summed E-state index contributed by atoms with van der Waals surface area (Å²) in [6.07, 6.45) is 0. The van der Waals surface area contributed by atoms with Gasteiger partial charge in [-0.25, -0.2) is 4.98 Å². The van der Waals surface area contributed by atoms with Gasteiger partial charge in [0.25, 0.3) is 5.91 Å². The van der Waals surface area contributed by atoms with E-state index in [2.05, 4.69) is 10.3 Å². The van der Waals surface area contributed by atoms with Gasteiger partial charge >= 0.3 is 0 Å². The molecule has 1 atom stereocenters. The van der Waals surface area contributed by atoms with Gasteiger partial charge in [-0.1, -0.05) is 0 Å². The summed E-state index contributed by atoms with van der Waals surface area (Å²) in [6, 6.07) is 5.31. The number of hydrogen-bond donors (Lipinski definition) is 1. The van der Waals surface area contributed by atoms with Crippen molar-refractivity contribution in [3.8, 4) is 11.5 Å². The van der Waals surface area contributed by atoms with Gasteiger partial charge in [-0.05, 0) is 32.0 Å². The normalized spacial score (nSPS) is 11.8. The Hall–Kier alpha value is -2.08. The Morgan fingerprint density at radius 2 is 2.10 bits per heavy atom. The topological polar surface area (TPSA) is 60.5 Å². The van der Waals surface area contributed by atoms with Gasteiger partial charge in [0.05, 0.1) is 31.5 Å². The summed E-state index contributed by atoms with van der Waals surface area (Å²) in [5.74, 6) is 1.30. The Balaban J connectivity index is 2.22. The fourth-order valence-corrected chi connectivity index (χ4v) is 2.74. The zero-order valence-electron chi connectivity index (χ0n) is 12.5. The maximum absolute atomic E-state index is 12.3. The van der Waals surface area contributed by atoms with E-state index in [0.29, 0.717) is 10.6 Å². The molecular weight excluding hydrogens is 288 g/mol. The molecule has 5 nitrogen and oxygen atoms in total. The van der Waals surface area contributed by atoms with Crippen molar-refractivity contribution in [1.82, 2.24) is 10.3 Å². The van der Waals surface area contributed by atoms with Crippen molar-refractivity contribution in [2.24, 2.45) is 0 Å². The number of aromatic nitrogens is 1. The Labute approximate surface area is 127 Å². The number of rotatable bonds is 5. The lowest BCUT2D eigenvalue weighted by Crippen LogP contribution is -2.26. The van der Waals surface area contributed by atoms with Crippen LogP contribution in [0.3, 0.4) is 0 Å². The smallest absolute Gasteiger partial charge is 0.263 e. The number of hydrogen-bond acceptors (Lipinski definition) is 5. The van der Waals surface area contributed by atoms with Crippen LogP contribution in [0, 0.1) is 6.92 Å². The summed E-state index contributed by atoms with van der Waals surface area (Å²) < 4.78 is 10.6. The monoisotopic (exact) mass is 306 g/mol. The molecule has 6 heteroatoms. The highest BCUT2D eigenvalue weighted by Crippen LogP contribution is 2.29. The van der Waals surface area contributed by atoms with E-state index in [9.17, 15) is 4.79 Å². The second-order valence-electron chi connectivity index (χ2n) is 4.57. The zero-order valence-corrected chi connectivity index (χ0v) is 13.3. The fraction of sp³-hybridized carbons (Fsp3) is 0.333. The fourth-order valence-electron chi connectivity index (χ4n) is 2.04. The maximum atomic E-state index is 12.3. The third-order valence-corrected chi connectivity index (χ3v) is 4.13. The van der Waals surface area contributed by atoms with Crippen molar-refractivity contribution in [2.75, 3.05) is 14.2 Å². The number of nitrogens with zero attached hydrogens (tertiary/aromatic N) is 1. The average molecular weight is 306 g/mol. The highest BCUT2D eigenvalue weighted by Gasteiger charge is 2.18. The Morgan fingerprint density at radius 1 is 1.33 bits per heavy atom. The van der Waals surface area contributed by atoms with E-state index in [1.807, 2.05) is 32.0 Å². The van der Waals surface area contributed by atoms with Gasteiger partial charge in [0, 0.05) is 5.56 Å². The second kappa shape index (κ2) is 6.58. The molecule has 0 bridgehead atoms. The molecule has 1 N–H and O–H groups in total. The highest BCUT2D eigenvalue weighted by molar-refractivity contribution is 7.11. The van der Waals surface area contributed by atoms with Crippen molar-refractivity contribution in [2.45, 2.75) is 19.9 Å². The number of amides is 1. The van der Waals surface area contributed by atoms with Gasteiger partial charge in [0.1, 0.15) is 16.4 Å². The lowest BCUT2D eigenvalue weighted by atomic mass is 10.1. The number of ether oxygens (including phenoxy) is 2. The van der Waals surface area contributed by atoms with Crippen LogP contribution in [0.15, 0.2) is 23.7 Å². The lowest BCUT2D eigenvalue weighted by molar-refractivity contribution is 0.0942. The molecule has 1 aromatic carbocycles. The van der Waals surface area contributed by atoms with E-state index in [0.717, 1.165) is 17.0 Å². The standard InChI is InChI=1S/C15H18N2O3S/c1-9(17-15(18)14-10(2)16-8-21-14)12-7-11(19-3)5-6-13(12)20-4/h5-9H,1-4H3,(H,17,18)/t9-/m1/s1. The summed E-state index contributed by atoms with van der Waals surface area (Å²) in [6.45, 7) is 3.73. The number of thiazole rings is 1. The Bertz CT molecular complexity index is 640. The number of nitrogens with one attached hydrogen (secondary N) is 1. The van der Waals surface area contributed by atoms with Crippen molar-refractivity contribution < 1.29 is 14.3 Å². The second-order valence-corrected chi connectivity index (χ2v) is 5.42. The lowest BCUT2D eigenvalue weighted by Gasteiger charge is -2.18. The van der Waals surface area contributed by atoms with E-state index in [4.69, 9.17) is 9.47 Å². The summed E-state index contributed by atoms with van der Waals surface area (Å²) in [5, 5.41) is 2.96. The van der Waals surface area contributed by atoms with Crippen LogP contribution in [0.25, 0.3) is 0 Å². The van der Waals surface area contributed by atoms with Crippen molar-refractivity contribution in [3.05, 3.63) is 39.8 Å². The molecular formula is C15H18N2O3S. The largest absolute Gasteiger partial charge is 0.497 e. The summed E-state index contributed by atoms with van der Waals surface area (Å²) >= 11 is 1.33. The van der Waals surface area contributed by atoms with Crippen LogP contribution in [-0.2, 0) is 0 Å². The van der Waals surface area contributed by atoms with Crippen molar-refractivity contribution in [1.29, 1.82) is 0 Å². The SMILES string of the molecule is COc1ccc(OC)c([C@@H](C)NC(=O)c2scnc2C)c1. The van der Waals surface area contributed by atoms with E-state index in [1.54, 1.807) is 19.7 Å². The molecule has 21 heavy (non-hydrogen) atoms. The minimum Gasteiger partial charge on any atom is -0.497 e. The van der Waals surface area contributed by atoms with Crippen LogP contribution in [0.5, 0.6) is 11.5 Å². The van der Waals surface area contributed by atoms with Crippen LogP contribution < -0.4 is 14.8 Å². The predicted octanol–water partition coefficient (Wildman–Crippen LogP) is 2.96. The minimum atomic E-state index is -0.205. The maximum Gasteiger partial charge on any atom is 0.263 e. The molecule has 0 radical (unpaired) electrons. The Kier molecular flexibility index (Phi) is 4.80. The van der Waals surface area contributed by atoms with Gasteiger partial charge in [-0.2, -0.15) is 0 Å². The van der Waals surface area contributed by atoms with Crippen LogP contribution in [0.4, 0.5) is 0 Å². The molecule has 0 aliphatic carbocycles. The van der Waals surface area contributed by atoms with Crippen LogP contribution >= 0.6 is 11.3 Å². The number of benzene rings is 1. The number of aryl methyl sites for hydroxylation is 1. The number of methoxy groups -OCH3 is 2. The first-order valence-electron chi connectivity index (χ1n) is 6.49. The molecule has 1 aromatic heterocycles. The van der Waals surface area contributed by atoms with Crippen molar-refractivity contribution >= 4 is 17.2 Å². The first-order valence-corrected chi connectivity index (χ1v) is 7.37. The zero-order chi connectivity index (χ0) is 15.4. The summed E-state index contributed by atoms with van der Waals surface area (Å²) in [4.78, 5) is 17.0. The molecule has 112 valence electrons. The Morgan fingerprint density at radius 3 is 2.67 bits per heavy atom. The van der Waals surface area contributed by atoms with Gasteiger partial charge in [-0.3, -0.25) is 4.79 Å². The van der Waals surface area contributed by atoms with E-state index in [1.165, 1.54) is 11.3 Å².